The number of carbonyl (C=O) groups is 2. The van der Waals surface area contributed by atoms with Crippen molar-refractivity contribution >= 4 is 11.6 Å². The molecule has 9 atom stereocenters. The first-order valence-electron chi connectivity index (χ1n) is 12.9. The highest BCUT2D eigenvalue weighted by Gasteiger charge is 2.81. The fraction of sp³-hybridized carbons (Fsp3) is 0.786. The molecule has 1 saturated heterocycles. The van der Waals surface area contributed by atoms with E-state index in [1.807, 2.05) is 6.08 Å². The summed E-state index contributed by atoms with van der Waals surface area (Å²) in [5.74, 6) is 0.0777. The van der Waals surface area contributed by atoms with E-state index in [0.717, 1.165) is 31.3 Å². The summed E-state index contributed by atoms with van der Waals surface area (Å²) < 4.78 is 18.4. The van der Waals surface area contributed by atoms with Gasteiger partial charge < -0.3 is 19.3 Å². The van der Waals surface area contributed by atoms with Crippen LogP contribution in [0.5, 0.6) is 0 Å². The van der Waals surface area contributed by atoms with Crippen molar-refractivity contribution in [2.24, 2.45) is 27.6 Å². The zero-order valence-corrected chi connectivity index (χ0v) is 21.5. The van der Waals surface area contributed by atoms with Gasteiger partial charge in [0.25, 0.3) is 0 Å². The van der Waals surface area contributed by atoms with Crippen LogP contribution in [0.1, 0.15) is 73.1 Å². The highest BCUT2D eigenvalue weighted by molar-refractivity contribution is 6.01. The Morgan fingerprint density at radius 3 is 2.65 bits per heavy atom. The summed E-state index contributed by atoms with van der Waals surface area (Å²) in [6.07, 6.45) is 8.50. The van der Waals surface area contributed by atoms with Crippen LogP contribution in [0, 0.1) is 27.6 Å². The van der Waals surface area contributed by atoms with E-state index in [4.69, 9.17) is 14.2 Å². The Morgan fingerprint density at radius 2 is 1.97 bits per heavy atom. The number of Topliss-reactive ketones (excluding diaryl/α,β-unsaturated/α-hetero) is 1. The van der Waals surface area contributed by atoms with E-state index in [9.17, 15) is 14.7 Å². The smallest absolute Gasteiger partial charge is 0.193 e. The van der Waals surface area contributed by atoms with Gasteiger partial charge in [0.1, 0.15) is 6.61 Å². The number of aliphatic hydroxyl groups excluding tert-OH is 1. The first-order valence-corrected chi connectivity index (χ1v) is 12.9. The number of carbonyl (C=O) groups excluding carboxylic acids is 2. The number of aliphatic hydroxyl groups is 1. The van der Waals surface area contributed by atoms with Gasteiger partial charge in [0.05, 0.1) is 12.2 Å². The minimum atomic E-state index is -1.13. The molecule has 5 rings (SSSR count). The number of hydrogen-bond donors (Lipinski definition) is 1. The van der Waals surface area contributed by atoms with E-state index in [-0.39, 0.29) is 35.6 Å². The van der Waals surface area contributed by atoms with Crippen molar-refractivity contribution in [1.82, 2.24) is 0 Å². The fourth-order valence-corrected chi connectivity index (χ4v) is 9.07. The fourth-order valence-electron chi connectivity index (χ4n) is 9.07. The lowest BCUT2D eigenvalue weighted by Gasteiger charge is -2.69. The van der Waals surface area contributed by atoms with Crippen LogP contribution in [0.15, 0.2) is 23.8 Å². The van der Waals surface area contributed by atoms with Gasteiger partial charge >= 0.3 is 0 Å². The van der Waals surface area contributed by atoms with E-state index < -0.39 is 34.2 Å². The van der Waals surface area contributed by atoms with Crippen LogP contribution in [0.4, 0.5) is 0 Å². The molecular weight excluding hydrogens is 432 g/mol. The summed E-state index contributed by atoms with van der Waals surface area (Å²) in [4.78, 5) is 26.0. The van der Waals surface area contributed by atoms with Crippen molar-refractivity contribution in [3.8, 4) is 0 Å². The van der Waals surface area contributed by atoms with Crippen LogP contribution in [0.3, 0.4) is 0 Å². The summed E-state index contributed by atoms with van der Waals surface area (Å²) in [6.45, 7) is 10.9. The number of methoxy groups -OCH3 is 1. The molecule has 3 saturated carbocycles. The minimum Gasteiger partial charge on any atom is -0.392 e. The van der Waals surface area contributed by atoms with Crippen LogP contribution < -0.4 is 0 Å². The molecule has 0 bridgehead atoms. The lowest BCUT2D eigenvalue weighted by molar-refractivity contribution is -0.251. The molecule has 0 aromatic carbocycles. The maximum Gasteiger partial charge on any atom is 0.193 e. The van der Waals surface area contributed by atoms with Gasteiger partial charge in [-0.1, -0.05) is 52.7 Å². The first-order chi connectivity index (χ1) is 15.9. The van der Waals surface area contributed by atoms with Gasteiger partial charge in [-0.05, 0) is 55.6 Å². The SMILES string of the molecule is CCCC1OC2CC3(C)C4CCC5=CC(=O)C=CC5(C)C4(C)C(O)CC3(C)C2(C(=O)COC)O1. The van der Waals surface area contributed by atoms with E-state index in [2.05, 4.69) is 34.6 Å². The summed E-state index contributed by atoms with van der Waals surface area (Å²) in [5, 5.41) is 12.0. The molecule has 6 nitrogen and oxygen atoms in total. The Kier molecular flexibility index (Phi) is 5.43. The second-order valence-corrected chi connectivity index (χ2v) is 12.2. The van der Waals surface area contributed by atoms with E-state index in [0.29, 0.717) is 12.8 Å². The molecule has 1 N–H and O–H groups in total. The lowest BCUT2D eigenvalue weighted by Crippen LogP contribution is -2.70. The van der Waals surface area contributed by atoms with Gasteiger partial charge in [0.15, 0.2) is 23.5 Å². The summed E-state index contributed by atoms with van der Waals surface area (Å²) in [5.41, 5.74) is -1.82. The largest absolute Gasteiger partial charge is 0.392 e. The van der Waals surface area contributed by atoms with Gasteiger partial charge in [-0.3, -0.25) is 9.59 Å². The second kappa shape index (κ2) is 7.58. The molecule has 1 heterocycles. The Bertz CT molecular complexity index is 970. The maximum absolute atomic E-state index is 13.8. The molecule has 188 valence electrons. The molecular formula is C28H40O6. The van der Waals surface area contributed by atoms with Crippen molar-refractivity contribution in [2.45, 2.75) is 97.2 Å². The van der Waals surface area contributed by atoms with E-state index in [1.54, 1.807) is 19.3 Å². The average Bonchev–Trinajstić information content (AvgIpc) is 3.21. The normalized spacial score (nSPS) is 51.4. The Balaban J connectivity index is 1.64. The topological polar surface area (TPSA) is 82.1 Å². The standard InChI is InChI=1S/C28H40O6/c1-7-8-23-33-22-15-25(3)19-10-9-17-13-18(29)11-12-24(17,2)27(19,5)20(30)14-26(25,4)28(22,34-23)21(31)16-32-6/h11-13,19-20,22-23,30H,7-10,14-16H2,1-6H3. The first kappa shape index (κ1) is 24.4. The van der Waals surface area contributed by atoms with Gasteiger partial charge in [-0.15, -0.1) is 0 Å². The Morgan fingerprint density at radius 1 is 1.24 bits per heavy atom. The summed E-state index contributed by atoms with van der Waals surface area (Å²) >= 11 is 0. The van der Waals surface area contributed by atoms with Crippen LogP contribution in [-0.4, -0.2) is 54.5 Å². The second-order valence-electron chi connectivity index (χ2n) is 12.2. The maximum atomic E-state index is 13.8. The molecule has 0 amide bonds. The van der Waals surface area contributed by atoms with Gasteiger partial charge in [-0.2, -0.15) is 0 Å². The van der Waals surface area contributed by atoms with Crippen LogP contribution in [-0.2, 0) is 23.8 Å². The molecule has 0 aromatic rings. The quantitative estimate of drug-likeness (QED) is 0.647. The van der Waals surface area contributed by atoms with Crippen molar-refractivity contribution in [2.75, 3.05) is 13.7 Å². The predicted molar refractivity (Wildman–Crippen MR) is 127 cm³/mol. The number of hydrogen-bond acceptors (Lipinski definition) is 6. The third-order valence-corrected chi connectivity index (χ3v) is 11.2. The van der Waals surface area contributed by atoms with Crippen LogP contribution in [0.2, 0.25) is 0 Å². The highest BCUT2D eigenvalue weighted by atomic mass is 16.7. The molecule has 4 fully saturated rings. The lowest BCUT2D eigenvalue weighted by atomic mass is 9.36. The molecule has 5 aliphatic rings. The number of ketones is 2. The third kappa shape index (κ3) is 2.61. The van der Waals surface area contributed by atoms with Crippen LogP contribution in [0.25, 0.3) is 0 Å². The zero-order valence-electron chi connectivity index (χ0n) is 21.5. The number of ether oxygens (including phenoxy) is 3. The Labute approximate surface area is 203 Å². The van der Waals surface area contributed by atoms with Crippen molar-refractivity contribution in [1.29, 1.82) is 0 Å². The average molecular weight is 473 g/mol. The summed E-state index contributed by atoms with van der Waals surface area (Å²) in [7, 11) is 1.54. The van der Waals surface area contributed by atoms with Gasteiger partial charge in [0, 0.05) is 23.4 Å². The van der Waals surface area contributed by atoms with Crippen molar-refractivity contribution < 1.29 is 28.9 Å². The monoisotopic (exact) mass is 472 g/mol. The van der Waals surface area contributed by atoms with E-state index in [1.165, 1.54) is 0 Å². The van der Waals surface area contributed by atoms with Crippen LogP contribution >= 0.6 is 0 Å². The van der Waals surface area contributed by atoms with Gasteiger partial charge in [-0.25, -0.2) is 0 Å². The summed E-state index contributed by atoms with van der Waals surface area (Å²) in [6, 6.07) is 0. The molecule has 6 heteroatoms. The molecule has 4 aliphatic carbocycles. The zero-order chi connectivity index (χ0) is 24.7. The molecule has 0 aromatic heterocycles. The number of rotatable bonds is 5. The third-order valence-electron chi connectivity index (χ3n) is 11.2. The van der Waals surface area contributed by atoms with Crippen molar-refractivity contribution in [3.05, 3.63) is 23.8 Å². The molecule has 34 heavy (non-hydrogen) atoms. The van der Waals surface area contributed by atoms with Gasteiger partial charge in [0.2, 0.25) is 0 Å². The number of allylic oxidation sites excluding steroid dienone is 4. The number of fused-ring (bicyclic) bond motifs is 7. The minimum absolute atomic E-state index is 0.0270. The van der Waals surface area contributed by atoms with E-state index >= 15 is 0 Å². The Hall–Kier alpha value is -1.34. The predicted octanol–water partition coefficient (Wildman–Crippen LogP) is 4.15. The highest BCUT2D eigenvalue weighted by Crippen LogP contribution is 2.78. The molecule has 1 aliphatic heterocycles. The molecule has 9 unspecified atom stereocenters. The molecule has 0 spiro atoms. The molecule has 0 radical (unpaired) electrons. The van der Waals surface area contributed by atoms with Crippen molar-refractivity contribution in [3.63, 3.8) is 0 Å².